The topological polar surface area (TPSA) is 50.9 Å². The van der Waals surface area contributed by atoms with Crippen LogP contribution in [0.2, 0.25) is 5.02 Å². The van der Waals surface area contributed by atoms with Crippen LogP contribution in [0.4, 0.5) is 10.8 Å². The van der Waals surface area contributed by atoms with Gasteiger partial charge in [-0.25, -0.2) is 0 Å². The molecule has 3 rings (SSSR count). The van der Waals surface area contributed by atoms with E-state index in [1.54, 1.807) is 0 Å². The summed E-state index contributed by atoms with van der Waals surface area (Å²) >= 11 is 7.27. The fourth-order valence-corrected chi connectivity index (χ4v) is 2.95. The molecular formula is C16H14ClN3S. The fourth-order valence-electron chi connectivity index (χ4n) is 2.09. The largest absolute Gasteiger partial charge is 0.382 e. The molecule has 21 heavy (non-hydrogen) atoms. The number of hydrogen-bond donors (Lipinski definition) is 2. The van der Waals surface area contributed by atoms with Crippen molar-refractivity contribution < 1.29 is 0 Å². The lowest BCUT2D eigenvalue weighted by Gasteiger charge is -2.07. The quantitative estimate of drug-likeness (QED) is 0.736. The van der Waals surface area contributed by atoms with Gasteiger partial charge in [0, 0.05) is 11.6 Å². The fraction of sp³-hybridized carbons (Fsp3) is 0.0625. The Morgan fingerprint density at radius 1 is 1.05 bits per heavy atom. The number of aromatic nitrogens is 1. The smallest absolute Gasteiger partial charge is 0.147 e. The third kappa shape index (κ3) is 3.17. The standard InChI is InChI=1S/C16H14ClN3S/c17-13-8-6-11(7-9-13)10-19-16-14(15(18)20-21-16)12-4-2-1-3-5-12/h1-9,19H,10H2,(H2,18,20). The summed E-state index contributed by atoms with van der Waals surface area (Å²) in [6, 6.07) is 17.8. The minimum absolute atomic E-state index is 0.560. The maximum Gasteiger partial charge on any atom is 0.147 e. The minimum atomic E-state index is 0.560. The van der Waals surface area contributed by atoms with Crippen LogP contribution < -0.4 is 11.1 Å². The van der Waals surface area contributed by atoms with Crippen molar-refractivity contribution in [2.75, 3.05) is 11.1 Å². The molecule has 0 unspecified atom stereocenters. The second-order valence-corrected chi connectivity index (χ2v) is 5.83. The highest BCUT2D eigenvalue weighted by atomic mass is 35.5. The van der Waals surface area contributed by atoms with Gasteiger partial charge < -0.3 is 11.1 Å². The van der Waals surface area contributed by atoms with Gasteiger partial charge in [0.1, 0.15) is 10.8 Å². The molecule has 2 aromatic carbocycles. The van der Waals surface area contributed by atoms with Gasteiger partial charge in [-0.15, -0.1) is 0 Å². The van der Waals surface area contributed by atoms with E-state index in [4.69, 9.17) is 17.3 Å². The number of nitrogens with one attached hydrogen (secondary N) is 1. The number of halogens is 1. The van der Waals surface area contributed by atoms with Crippen molar-refractivity contribution in [3.63, 3.8) is 0 Å². The van der Waals surface area contributed by atoms with Crippen molar-refractivity contribution in [2.45, 2.75) is 6.54 Å². The molecule has 0 aliphatic carbocycles. The molecule has 3 aromatic rings. The molecule has 0 amide bonds. The van der Waals surface area contributed by atoms with Crippen LogP contribution in [0.1, 0.15) is 5.56 Å². The van der Waals surface area contributed by atoms with Gasteiger partial charge in [-0.2, -0.15) is 4.37 Å². The van der Waals surface area contributed by atoms with Gasteiger partial charge in [0.15, 0.2) is 0 Å². The first-order valence-electron chi connectivity index (χ1n) is 6.53. The van der Waals surface area contributed by atoms with Crippen LogP contribution in [0.15, 0.2) is 54.6 Å². The molecule has 0 aliphatic rings. The van der Waals surface area contributed by atoms with E-state index in [-0.39, 0.29) is 0 Å². The van der Waals surface area contributed by atoms with Gasteiger partial charge in [0.25, 0.3) is 0 Å². The van der Waals surface area contributed by atoms with Gasteiger partial charge in [0.2, 0.25) is 0 Å². The number of nitrogen functional groups attached to an aromatic ring is 1. The number of hydrogen-bond acceptors (Lipinski definition) is 4. The van der Waals surface area contributed by atoms with Gasteiger partial charge in [-0.1, -0.05) is 54.1 Å². The van der Waals surface area contributed by atoms with E-state index in [0.29, 0.717) is 12.4 Å². The Kier molecular flexibility index (Phi) is 4.08. The summed E-state index contributed by atoms with van der Waals surface area (Å²) in [7, 11) is 0. The summed E-state index contributed by atoms with van der Waals surface area (Å²) in [5, 5.41) is 5.12. The van der Waals surface area contributed by atoms with Crippen molar-refractivity contribution in [1.82, 2.24) is 4.37 Å². The number of anilines is 2. The maximum atomic E-state index is 6.00. The van der Waals surface area contributed by atoms with Crippen molar-refractivity contribution in [3.05, 3.63) is 65.2 Å². The number of nitrogens with zero attached hydrogens (tertiary/aromatic N) is 1. The molecule has 3 nitrogen and oxygen atoms in total. The van der Waals surface area contributed by atoms with Crippen LogP contribution in [0.25, 0.3) is 11.1 Å². The molecule has 0 radical (unpaired) electrons. The van der Waals surface area contributed by atoms with E-state index in [1.807, 2.05) is 54.6 Å². The van der Waals surface area contributed by atoms with E-state index >= 15 is 0 Å². The van der Waals surface area contributed by atoms with Crippen molar-refractivity contribution in [1.29, 1.82) is 0 Å². The zero-order valence-corrected chi connectivity index (χ0v) is 12.8. The summed E-state index contributed by atoms with van der Waals surface area (Å²) < 4.78 is 4.26. The first kappa shape index (κ1) is 13.9. The lowest BCUT2D eigenvalue weighted by molar-refractivity contribution is 1.16. The molecule has 1 aromatic heterocycles. The molecular weight excluding hydrogens is 302 g/mol. The van der Waals surface area contributed by atoms with Gasteiger partial charge in [0.05, 0.1) is 5.56 Å². The van der Waals surface area contributed by atoms with E-state index in [0.717, 1.165) is 26.7 Å². The molecule has 0 atom stereocenters. The van der Waals surface area contributed by atoms with Crippen molar-refractivity contribution >= 4 is 34.0 Å². The van der Waals surface area contributed by atoms with Crippen molar-refractivity contribution in [3.8, 4) is 11.1 Å². The maximum absolute atomic E-state index is 6.00. The van der Waals surface area contributed by atoms with Crippen LogP contribution >= 0.6 is 23.1 Å². The van der Waals surface area contributed by atoms with Crippen LogP contribution in [-0.2, 0) is 6.54 Å². The van der Waals surface area contributed by atoms with Crippen LogP contribution in [0.5, 0.6) is 0 Å². The Morgan fingerprint density at radius 2 is 1.76 bits per heavy atom. The average molecular weight is 316 g/mol. The molecule has 5 heteroatoms. The molecule has 0 saturated carbocycles. The minimum Gasteiger partial charge on any atom is -0.382 e. The monoisotopic (exact) mass is 315 g/mol. The lowest BCUT2D eigenvalue weighted by atomic mass is 10.1. The predicted octanol–water partition coefficient (Wildman–Crippen LogP) is 4.66. The Bertz CT molecular complexity index is 723. The van der Waals surface area contributed by atoms with Crippen LogP contribution in [-0.4, -0.2) is 4.37 Å². The molecule has 0 saturated heterocycles. The number of rotatable bonds is 4. The van der Waals surface area contributed by atoms with Crippen LogP contribution in [0.3, 0.4) is 0 Å². The SMILES string of the molecule is Nc1nsc(NCc2ccc(Cl)cc2)c1-c1ccccc1. The van der Waals surface area contributed by atoms with Gasteiger partial charge >= 0.3 is 0 Å². The molecule has 0 fully saturated rings. The van der Waals surface area contributed by atoms with Gasteiger partial charge in [-0.05, 0) is 34.8 Å². The molecule has 0 spiro atoms. The van der Waals surface area contributed by atoms with Crippen LogP contribution in [0, 0.1) is 0 Å². The van der Waals surface area contributed by atoms with E-state index in [1.165, 1.54) is 11.5 Å². The third-order valence-electron chi connectivity index (χ3n) is 3.15. The Hall–Kier alpha value is -2.04. The van der Waals surface area contributed by atoms with Gasteiger partial charge in [-0.3, -0.25) is 0 Å². The highest BCUT2D eigenvalue weighted by Crippen LogP contribution is 2.36. The number of benzene rings is 2. The first-order chi connectivity index (χ1) is 10.2. The summed E-state index contributed by atoms with van der Waals surface area (Å²) in [5.74, 6) is 0.560. The zero-order chi connectivity index (χ0) is 14.7. The van der Waals surface area contributed by atoms with E-state index in [9.17, 15) is 0 Å². The number of nitrogens with two attached hydrogens (primary N) is 1. The molecule has 0 aliphatic heterocycles. The highest BCUT2D eigenvalue weighted by Gasteiger charge is 2.13. The van der Waals surface area contributed by atoms with Crippen molar-refractivity contribution in [2.24, 2.45) is 0 Å². The zero-order valence-electron chi connectivity index (χ0n) is 11.2. The molecule has 106 valence electrons. The van der Waals surface area contributed by atoms with E-state index < -0.39 is 0 Å². The summed E-state index contributed by atoms with van der Waals surface area (Å²) in [6.07, 6.45) is 0. The Labute approximate surface area is 132 Å². The Balaban J connectivity index is 1.82. The normalized spacial score (nSPS) is 10.5. The first-order valence-corrected chi connectivity index (χ1v) is 7.68. The second kappa shape index (κ2) is 6.16. The molecule has 1 heterocycles. The average Bonchev–Trinajstić information content (AvgIpc) is 2.88. The Morgan fingerprint density at radius 3 is 2.48 bits per heavy atom. The summed E-state index contributed by atoms with van der Waals surface area (Å²) in [4.78, 5) is 0. The summed E-state index contributed by atoms with van der Waals surface area (Å²) in [6.45, 7) is 0.707. The third-order valence-corrected chi connectivity index (χ3v) is 4.22. The molecule has 3 N–H and O–H groups in total. The predicted molar refractivity (Wildman–Crippen MR) is 90.7 cm³/mol. The lowest BCUT2D eigenvalue weighted by Crippen LogP contribution is -1.99. The highest BCUT2D eigenvalue weighted by molar-refractivity contribution is 7.11. The molecule has 0 bridgehead atoms. The summed E-state index contributed by atoms with van der Waals surface area (Å²) in [5.41, 5.74) is 9.20. The van der Waals surface area contributed by atoms with E-state index in [2.05, 4.69) is 9.69 Å². The second-order valence-electron chi connectivity index (χ2n) is 4.62.